The van der Waals surface area contributed by atoms with E-state index in [-0.39, 0.29) is 19.1 Å². The summed E-state index contributed by atoms with van der Waals surface area (Å²) in [6, 6.07) is 7.21. The summed E-state index contributed by atoms with van der Waals surface area (Å²) in [6.07, 6.45) is 0. The molecular weight excluding hydrogens is 368 g/mol. The van der Waals surface area contributed by atoms with Gasteiger partial charge in [0.05, 0.1) is 32.9 Å². The van der Waals surface area contributed by atoms with Crippen molar-refractivity contribution < 1.29 is 23.8 Å². The van der Waals surface area contributed by atoms with Crippen molar-refractivity contribution in [2.45, 2.75) is 13.5 Å². The van der Waals surface area contributed by atoms with Crippen LogP contribution in [0.15, 0.2) is 29.6 Å². The molecule has 1 aromatic carbocycles. The number of carbonyl (C=O) groups is 2. The standard InChI is InChI=1S/C19H24N2O5S/c1-5-26-19(23)15-8-9-27-18(15)20-17(22)12-21(2)11-13-6-7-14(24-3)10-16(13)25-4/h6-10H,5,11-12H2,1-4H3,(H,20,22). The van der Waals surface area contributed by atoms with Crippen LogP contribution in [0.2, 0.25) is 0 Å². The van der Waals surface area contributed by atoms with Gasteiger partial charge < -0.3 is 19.5 Å². The Kier molecular flexibility index (Phi) is 7.63. The highest BCUT2D eigenvalue weighted by molar-refractivity contribution is 7.14. The number of ether oxygens (including phenoxy) is 3. The van der Waals surface area contributed by atoms with Gasteiger partial charge in [0.1, 0.15) is 16.5 Å². The first kappa shape index (κ1) is 20.7. The zero-order valence-electron chi connectivity index (χ0n) is 15.9. The van der Waals surface area contributed by atoms with E-state index in [1.807, 2.05) is 24.1 Å². The maximum atomic E-state index is 12.3. The van der Waals surface area contributed by atoms with Crippen molar-refractivity contribution >= 4 is 28.2 Å². The molecule has 27 heavy (non-hydrogen) atoms. The average Bonchev–Trinajstić information content (AvgIpc) is 3.10. The molecule has 0 aliphatic heterocycles. The quantitative estimate of drug-likeness (QED) is 0.661. The zero-order chi connectivity index (χ0) is 19.8. The van der Waals surface area contributed by atoms with Crippen molar-refractivity contribution in [3.05, 3.63) is 40.8 Å². The highest BCUT2D eigenvalue weighted by atomic mass is 32.1. The molecule has 8 heteroatoms. The van der Waals surface area contributed by atoms with Gasteiger partial charge in [-0.15, -0.1) is 11.3 Å². The van der Waals surface area contributed by atoms with Gasteiger partial charge in [-0.05, 0) is 31.5 Å². The summed E-state index contributed by atoms with van der Waals surface area (Å²) in [5.41, 5.74) is 1.31. The van der Waals surface area contributed by atoms with Crippen LogP contribution in [0.5, 0.6) is 11.5 Å². The van der Waals surface area contributed by atoms with Crippen molar-refractivity contribution in [1.29, 1.82) is 0 Å². The molecule has 1 N–H and O–H groups in total. The van der Waals surface area contributed by atoms with E-state index in [1.165, 1.54) is 11.3 Å². The molecule has 0 unspecified atom stereocenters. The summed E-state index contributed by atoms with van der Waals surface area (Å²) in [5, 5.41) is 5.02. The summed E-state index contributed by atoms with van der Waals surface area (Å²) in [5.74, 6) is 0.757. The molecular formula is C19H24N2O5S. The van der Waals surface area contributed by atoms with Crippen LogP contribution in [-0.4, -0.2) is 51.2 Å². The van der Waals surface area contributed by atoms with Crippen molar-refractivity contribution in [1.82, 2.24) is 4.90 Å². The van der Waals surface area contributed by atoms with Gasteiger partial charge >= 0.3 is 5.97 Å². The van der Waals surface area contributed by atoms with Crippen molar-refractivity contribution in [2.75, 3.05) is 39.7 Å². The number of likely N-dealkylation sites (N-methyl/N-ethyl adjacent to an activating group) is 1. The average molecular weight is 392 g/mol. The van der Waals surface area contributed by atoms with Gasteiger partial charge in [-0.1, -0.05) is 6.07 Å². The molecule has 1 heterocycles. The number of hydrogen-bond acceptors (Lipinski definition) is 7. The molecule has 0 saturated carbocycles. The fourth-order valence-corrected chi connectivity index (χ4v) is 3.31. The second-order valence-electron chi connectivity index (χ2n) is 5.78. The van der Waals surface area contributed by atoms with Crippen LogP contribution in [0.3, 0.4) is 0 Å². The first-order valence-corrected chi connectivity index (χ1v) is 9.30. The third kappa shape index (κ3) is 5.70. The molecule has 2 aromatic rings. The van der Waals surface area contributed by atoms with E-state index >= 15 is 0 Å². The number of nitrogens with one attached hydrogen (secondary N) is 1. The Labute approximate surface area is 162 Å². The third-order valence-electron chi connectivity index (χ3n) is 3.76. The Balaban J connectivity index is 1.97. The van der Waals surface area contributed by atoms with Gasteiger partial charge in [-0.3, -0.25) is 9.69 Å². The number of amides is 1. The summed E-state index contributed by atoms with van der Waals surface area (Å²) >= 11 is 1.29. The van der Waals surface area contributed by atoms with E-state index < -0.39 is 5.97 Å². The lowest BCUT2D eigenvalue weighted by atomic mass is 10.2. The predicted molar refractivity (Wildman–Crippen MR) is 105 cm³/mol. The molecule has 2 rings (SSSR count). The molecule has 1 aromatic heterocycles. The number of esters is 1. The highest BCUT2D eigenvalue weighted by Gasteiger charge is 2.17. The first-order chi connectivity index (χ1) is 13.0. The van der Waals surface area contributed by atoms with E-state index in [2.05, 4.69) is 5.32 Å². The van der Waals surface area contributed by atoms with Crippen molar-refractivity contribution in [2.24, 2.45) is 0 Å². The largest absolute Gasteiger partial charge is 0.497 e. The van der Waals surface area contributed by atoms with Gasteiger partial charge in [0.25, 0.3) is 0 Å². The zero-order valence-corrected chi connectivity index (χ0v) is 16.7. The number of hydrogen-bond donors (Lipinski definition) is 1. The molecule has 0 radical (unpaired) electrons. The molecule has 0 bridgehead atoms. The van der Waals surface area contributed by atoms with Gasteiger partial charge in [-0.2, -0.15) is 0 Å². The van der Waals surface area contributed by atoms with E-state index in [0.717, 1.165) is 5.56 Å². The SMILES string of the molecule is CCOC(=O)c1ccsc1NC(=O)CN(C)Cc1ccc(OC)cc1OC. The Morgan fingerprint density at radius 1 is 1.19 bits per heavy atom. The van der Waals surface area contributed by atoms with Gasteiger partial charge in [0.15, 0.2) is 0 Å². The minimum atomic E-state index is -0.439. The number of carbonyl (C=O) groups excluding carboxylic acids is 2. The fraction of sp³-hybridized carbons (Fsp3) is 0.368. The number of benzene rings is 1. The lowest BCUT2D eigenvalue weighted by Crippen LogP contribution is -2.30. The molecule has 0 fully saturated rings. The molecule has 0 aliphatic rings. The van der Waals surface area contributed by atoms with Crippen LogP contribution < -0.4 is 14.8 Å². The van der Waals surface area contributed by atoms with Crippen molar-refractivity contribution in [3.8, 4) is 11.5 Å². The molecule has 0 aliphatic carbocycles. The second-order valence-corrected chi connectivity index (χ2v) is 6.70. The van der Waals surface area contributed by atoms with Crippen LogP contribution in [-0.2, 0) is 16.1 Å². The Hall–Kier alpha value is -2.58. The summed E-state index contributed by atoms with van der Waals surface area (Å²) in [6.45, 7) is 2.71. The fourth-order valence-electron chi connectivity index (χ4n) is 2.52. The van der Waals surface area contributed by atoms with Crippen LogP contribution in [0.4, 0.5) is 5.00 Å². The normalized spacial score (nSPS) is 10.6. The molecule has 146 valence electrons. The Bertz CT molecular complexity index is 790. The smallest absolute Gasteiger partial charge is 0.341 e. The molecule has 1 amide bonds. The third-order valence-corrected chi connectivity index (χ3v) is 4.59. The first-order valence-electron chi connectivity index (χ1n) is 8.42. The lowest BCUT2D eigenvalue weighted by Gasteiger charge is -2.18. The van der Waals surface area contributed by atoms with E-state index in [1.54, 1.807) is 38.7 Å². The topological polar surface area (TPSA) is 77.1 Å². The number of methoxy groups -OCH3 is 2. The minimum absolute atomic E-state index is 0.162. The Morgan fingerprint density at radius 2 is 1.96 bits per heavy atom. The monoisotopic (exact) mass is 392 g/mol. The summed E-state index contributed by atoms with van der Waals surface area (Å²) < 4.78 is 15.6. The van der Waals surface area contributed by atoms with Crippen molar-refractivity contribution in [3.63, 3.8) is 0 Å². The number of nitrogens with zero attached hydrogens (tertiary/aromatic N) is 1. The van der Waals surface area contributed by atoms with E-state index in [0.29, 0.717) is 28.6 Å². The van der Waals surface area contributed by atoms with Crippen LogP contribution in [0, 0.1) is 0 Å². The maximum Gasteiger partial charge on any atom is 0.341 e. The molecule has 0 saturated heterocycles. The lowest BCUT2D eigenvalue weighted by molar-refractivity contribution is -0.117. The highest BCUT2D eigenvalue weighted by Crippen LogP contribution is 2.26. The molecule has 7 nitrogen and oxygen atoms in total. The molecule has 0 atom stereocenters. The number of thiophene rings is 1. The maximum absolute atomic E-state index is 12.3. The van der Waals surface area contributed by atoms with Gasteiger partial charge in [-0.25, -0.2) is 4.79 Å². The Morgan fingerprint density at radius 3 is 2.63 bits per heavy atom. The number of rotatable bonds is 9. The second kappa shape index (κ2) is 9.94. The summed E-state index contributed by atoms with van der Waals surface area (Å²) in [7, 11) is 5.03. The number of anilines is 1. The van der Waals surface area contributed by atoms with Crippen LogP contribution >= 0.6 is 11.3 Å². The minimum Gasteiger partial charge on any atom is -0.497 e. The van der Waals surface area contributed by atoms with Gasteiger partial charge in [0.2, 0.25) is 5.91 Å². The summed E-state index contributed by atoms with van der Waals surface area (Å²) in [4.78, 5) is 26.1. The molecule has 0 spiro atoms. The van der Waals surface area contributed by atoms with E-state index in [4.69, 9.17) is 14.2 Å². The predicted octanol–water partition coefficient (Wildman–Crippen LogP) is 3.01. The van der Waals surface area contributed by atoms with E-state index in [9.17, 15) is 9.59 Å². The van der Waals surface area contributed by atoms with Crippen LogP contribution in [0.1, 0.15) is 22.8 Å². The van der Waals surface area contributed by atoms with Gasteiger partial charge in [0, 0.05) is 18.2 Å². The van der Waals surface area contributed by atoms with Crippen LogP contribution in [0.25, 0.3) is 0 Å².